The van der Waals surface area contributed by atoms with Crippen molar-refractivity contribution in [1.82, 2.24) is 5.32 Å². The van der Waals surface area contributed by atoms with Gasteiger partial charge in [0.15, 0.2) is 0 Å². The Kier molecular flexibility index (Phi) is 3.89. The maximum Gasteiger partial charge on any atom is 0.241 e. The summed E-state index contributed by atoms with van der Waals surface area (Å²) in [5.74, 6) is 0.916. The fourth-order valence-corrected chi connectivity index (χ4v) is 2.92. The number of para-hydroxylation sites is 1. The first-order valence-corrected chi connectivity index (χ1v) is 7.94. The minimum atomic E-state index is -0.692. The molecule has 1 atom stereocenters. The van der Waals surface area contributed by atoms with Crippen molar-refractivity contribution >= 4 is 5.91 Å². The van der Waals surface area contributed by atoms with Gasteiger partial charge >= 0.3 is 0 Å². The lowest BCUT2D eigenvalue weighted by molar-refractivity contribution is -0.126. The van der Waals surface area contributed by atoms with E-state index in [0.29, 0.717) is 18.6 Å². The van der Waals surface area contributed by atoms with Gasteiger partial charge in [0, 0.05) is 6.04 Å². The van der Waals surface area contributed by atoms with Crippen LogP contribution in [-0.2, 0) is 11.2 Å². The lowest BCUT2D eigenvalue weighted by Crippen LogP contribution is -2.61. The third-order valence-electron chi connectivity index (χ3n) is 4.56. The summed E-state index contributed by atoms with van der Waals surface area (Å²) in [6, 6.07) is 8.44. The van der Waals surface area contributed by atoms with Crippen LogP contribution in [0.25, 0.3) is 0 Å². The summed E-state index contributed by atoms with van der Waals surface area (Å²) >= 11 is 0. The molecule has 0 heterocycles. The fourth-order valence-electron chi connectivity index (χ4n) is 2.92. The molecule has 0 aliphatic heterocycles. The average molecular weight is 288 g/mol. The van der Waals surface area contributed by atoms with Crippen LogP contribution < -0.4 is 15.8 Å². The molecule has 3 N–H and O–H groups in total. The summed E-state index contributed by atoms with van der Waals surface area (Å²) < 4.78 is 6.02. The Hall–Kier alpha value is -1.55. The van der Waals surface area contributed by atoms with E-state index in [1.807, 2.05) is 18.2 Å². The van der Waals surface area contributed by atoms with E-state index in [9.17, 15) is 4.79 Å². The van der Waals surface area contributed by atoms with Crippen molar-refractivity contribution in [2.75, 3.05) is 6.61 Å². The van der Waals surface area contributed by atoms with Gasteiger partial charge in [0.05, 0.1) is 0 Å². The molecule has 0 aromatic heterocycles. The number of nitrogens with one attached hydrogen (secondary N) is 1. The van der Waals surface area contributed by atoms with E-state index in [4.69, 9.17) is 10.5 Å². The molecule has 1 unspecified atom stereocenters. The van der Waals surface area contributed by atoms with Gasteiger partial charge in [-0.2, -0.15) is 0 Å². The van der Waals surface area contributed by atoms with E-state index < -0.39 is 5.54 Å². The molecule has 4 nitrogen and oxygen atoms in total. The Labute approximate surface area is 126 Å². The number of rotatable bonds is 8. The molecule has 0 spiro atoms. The predicted octanol–water partition coefficient (Wildman–Crippen LogP) is 2.01. The number of carbonyl (C=O) groups is 1. The zero-order valence-corrected chi connectivity index (χ0v) is 12.6. The average Bonchev–Trinajstić information content (AvgIpc) is 3.36. The summed E-state index contributed by atoms with van der Waals surface area (Å²) in [6.07, 6.45) is 5.29. The highest BCUT2D eigenvalue weighted by atomic mass is 16.5. The number of primary amides is 1. The minimum Gasteiger partial charge on any atom is -0.491 e. The number of benzene rings is 1. The van der Waals surface area contributed by atoms with Crippen molar-refractivity contribution in [2.45, 2.75) is 50.6 Å². The van der Waals surface area contributed by atoms with Crippen molar-refractivity contribution < 1.29 is 9.53 Å². The van der Waals surface area contributed by atoms with Gasteiger partial charge in [-0.3, -0.25) is 10.1 Å². The summed E-state index contributed by atoms with van der Waals surface area (Å²) in [7, 11) is 0. The van der Waals surface area contributed by atoms with Crippen LogP contribution in [0.5, 0.6) is 5.75 Å². The predicted molar refractivity (Wildman–Crippen MR) is 82.1 cm³/mol. The highest BCUT2D eigenvalue weighted by molar-refractivity contribution is 5.86. The highest BCUT2D eigenvalue weighted by Crippen LogP contribution is 2.42. The number of nitrogens with two attached hydrogens (primary N) is 1. The molecule has 2 aliphatic carbocycles. The normalized spacial score (nSPS) is 20.8. The number of aryl methyl sites for hydroxylation is 1. The molecule has 0 saturated heterocycles. The van der Waals surface area contributed by atoms with Gasteiger partial charge in [0.1, 0.15) is 17.9 Å². The van der Waals surface area contributed by atoms with Crippen LogP contribution in [0.15, 0.2) is 24.3 Å². The van der Waals surface area contributed by atoms with Crippen LogP contribution in [0.4, 0.5) is 0 Å². The first kappa shape index (κ1) is 14.4. The Morgan fingerprint density at radius 1 is 1.33 bits per heavy atom. The summed E-state index contributed by atoms with van der Waals surface area (Å²) in [5.41, 5.74) is 6.21. The van der Waals surface area contributed by atoms with Crippen LogP contribution in [0.3, 0.4) is 0 Å². The maximum atomic E-state index is 12.1. The summed E-state index contributed by atoms with van der Waals surface area (Å²) in [6.45, 7) is 2.44. The maximum absolute atomic E-state index is 12.1. The molecule has 1 amide bonds. The molecular weight excluding hydrogens is 264 g/mol. The number of ether oxygens (including phenoxy) is 1. The third-order valence-corrected chi connectivity index (χ3v) is 4.56. The van der Waals surface area contributed by atoms with Gasteiger partial charge < -0.3 is 10.5 Å². The Balaban J connectivity index is 1.76. The van der Waals surface area contributed by atoms with Crippen LogP contribution in [-0.4, -0.2) is 24.1 Å². The van der Waals surface area contributed by atoms with Crippen molar-refractivity contribution in [2.24, 2.45) is 11.7 Å². The zero-order valence-electron chi connectivity index (χ0n) is 12.6. The lowest BCUT2D eigenvalue weighted by atomic mass is 9.93. The standard InChI is InChI=1S/C17H24N2O2/c1-2-12-5-3-4-6-15(12)21-11-17(16(18)20,13-7-8-13)19-14-9-10-14/h3-6,13-14,19H,2,7-11H2,1H3,(H2,18,20). The number of hydrogen-bond donors (Lipinski definition) is 2. The van der Waals surface area contributed by atoms with Crippen molar-refractivity contribution in [3.05, 3.63) is 29.8 Å². The van der Waals surface area contributed by atoms with Gasteiger partial charge in [-0.25, -0.2) is 0 Å². The summed E-state index contributed by atoms with van der Waals surface area (Å²) in [4.78, 5) is 12.1. The van der Waals surface area contributed by atoms with Gasteiger partial charge in [0.25, 0.3) is 0 Å². The van der Waals surface area contributed by atoms with Gasteiger partial charge in [-0.05, 0) is 49.7 Å². The van der Waals surface area contributed by atoms with Crippen molar-refractivity contribution in [3.63, 3.8) is 0 Å². The van der Waals surface area contributed by atoms with E-state index in [-0.39, 0.29) is 5.91 Å². The van der Waals surface area contributed by atoms with Crippen molar-refractivity contribution in [3.8, 4) is 5.75 Å². The number of carbonyl (C=O) groups excluding carboxylic acids is 1. The number of amides is 1. The lowest BCUT2D eigenvalue weighted by Gasteiger charge is -2.32. The van der Waals surface area contributed by atoms with E-state index in [2.05, 4.69) is 18.3 Å². The van der Waals surface area contributed by atoms with Gasteiger partial charge in [-0.1, -0.05) is 25.1 Å². The second-order valence-electron chi connectivity index (χ2n) is 6.28. The molecule has 2 saturated carbocycles. The Morgan fingerprint density at radius 2 is 2.05 bits per heavy atom. The quantitative estimate of drug-likeness (QED) is 0.769. The summed E-state index contributed by atoms with van der Waals surface area (Å²) in [5, 5.41) is 3.47. The van der Waals surface area contributed by atoms with E-state index in [1.165, 1.54) is 0 Å². The van der Waals surface area contributed by atoms with Crippen LogP contribution >= 0.6 is 0 Å². The molecule has 2 fully saturated rings. The second kappa shape index (κ2) is 5.68. The highest BCUT2D eigenvalue weighted by Gasteiger charge is 2.52. The van der Waals surface area contributed by atoms with E-state index in [0.717, 1.165) is 43.4 Å². The molecular formula is C17H24N2O2. The molecule has 21 heavy (non-hydrogen) atoms. The Bertz CT molecular complexity index is 523. The molecule has 0 radical (unpaired) electrons. The second-order valence-corrected chi connectivity index (χ2v) is 6.28. The third kappa shape index (κ3) is 3.05. The first-order valence-electron chi connectivity index (χ1n) is 7.94. The van der Waals surface area contributed by atoms with Crippen LogP contribution in [0.2, 0.25) is 0 Å². The molecule has 1 aromatic rings. The smallest absolute Gasteiger partial charge is 0.241 e. The van der Waals surface area contributed by atoms with E-state index >= 15 is 0 Å². The zero-order chi connectivity index (χ0) is 14.9. The largest absolute Gasteiger partial charge is 0.491 e. The first-order chi connectivity index (χ1) is 10.2. The SMILES string of the molecule is CCc1ccccc1OCC(NC1CC1)(C(N)=O)C1CC1. The minimum absolute atomic E-state index is 0.272. The number of hydrogen-bond acceptors (Lipinski definition) is 3. The molecule has 4 heteroatoms. The monoisotopic (exact) mass is 288 g/mol. The molecule has 0 bridgehead atoms. The molecule has 114 valence electrons. The van der Waals surface area contributed by atoms with E-state index in [1.54, 1.807) is 0 Å². The van der Waals surface area contributed by atoms with Gasteiger partial charge in [0.2, 0.25) is 5.91 Å². The van der Waals surface area contributed by atoms with Crippen LogP contribution in [0.1, 0.15) is 38.2 Å². The topological polar surface area (TPSA) is 64.3 Å². The fraction of sp³-hybridized carbons (Fsp3) is 0.588. The molecule has 2 aliphatic rings. The van der Waals surface area contributed by atoms with Gasteiger partial charge in [-0.15, -0.1) is 0 Å². The Morgan fingerprint density at radius 3 is 2.62 bits per heavy atom. The molecule has 1 aromatic carbocycles. The van der Waals surface area contributed by atoms with Crippen molar-refractivity contribution in [1.29, 1.82) is 0 Å². The molecule has 3 rings (SSSR count). The van der Waals surface area contributed by atoms with Crippen LogP contribution in [0, 0.1) is 5.92 Å².